The van der Waals surface area contributed by atoms with Crippen LogP contribution in [0.15, 0.2) is 77.7 Å². The van der Waals surface area contributed by atoms with Crippen LogP contribution in [-0.4, -0.2) is 50.0 Å². The number of aryl methyl sites for hydroxylation is 1. The molecule has 196 valence electrons. The van der Waals surface area contributed by atoms with Gasteiger partial charge in [-0.15, -0.1) is 5.92 Å². The van der Waals surface area contributed by atoms with Crippen LogP contribution in [0.1, 0.15) is 23.6 Å². The number of carbonyl (C=O) groups excluding carboxylic acids is 1. The van der Waals surface area contributed by atoms with E-state index in [9.17, 15) is 13.2 Å². The van der Waals surface area contributed by atoms with Crippen molar-refractivity contribution in [2.75, 3.05) is 25.2 Å². The molecule has 0 amide bonds. The molecule has 0 spiro atoms. The average Bonchev–Trinajstić information content (AvgIpc) is 3.11. The van der Waals surface area contributed by atoms with Crippen LogP contribution < -0.4 is 9.64 Å². The topological polar surface area (TPSA) is 76.2 Å². The smallest absolute Gasteiger partial charge is 0.326 e. The number of anilines is 1. The number of rotatable bonds is 6. The Kier molecular flexibility index (Phi) is 8.47. The molecule has 0 aliphatic carbocycles. The van der Waals surface area contributed by atoms with Crippen LogP contribution in [0.4, 0.5) is 5.69 Å². The van der Waals surface area contributed by atoms with Gasteiger partial charge in [-0.25, -0.2) is 8.42 Å². The van der Waals surface area contributed by atoms with Gasteiger partial charge in [0.15, 0.2) is 0 Å². The lowest BCUT2D eigenvalue weighted by Gasteiger charge is -2.31. The fourth-order valence-corrected chi connectivity index (χ4v) is 6.26. The predicted octanol–water partition coefficient (Wildman–Crippen LogP) is 4.33. The van der Waals surface area contributed by atoms with E-state index in [1.807, 2.05) is 60.4 Å². The molecule has 0 saturated carbocycles. The van der Waals surface area contributed by atoms with Crippen molar-refractivity contribution in [1.82, 2.24) is 4.31 Å². The summed E-state index contributed by atoms with van der Waals surface area (Å²) in [6.45, 7) is 3.84. The highest BCUT2D eigenvalue weighted by atomic mass is 32.2. The summed E-state index contributed by atoms with van der Waals surface area (Å²) >= 11 is 5.91. The standard InChI is InChI=1S/C29H28N2O5S2/c1-4-5-18-36-23-14-16-24(17-15-23)38(33,34)31-19-22-11-7-9-13-26(22)30(20-27(31)29(32)35-3)28(37)25-12-8-6-10-21(25)2/h6-17,27H,18-20H2,1-3H3. The van der Waals surface area contributed by atoms with Crippen LogP contribution >= 0.6 is 12.2 Å². The molecule has 0 saturated heterocycles. The van der Waals surface area contributed by atoms with E-state index in [1.54, 1.807) is 19.1 Å². The molecule has 9 heteroatoms. The number of hydrogen-bond acceptors (Lipinski definition) is 6. The van der Waals surface area contributed by atoms with Gasteiger partial charge in [0, 0.05) is 17.8 Å². The molecule has 0 bridgehead atoms. The number of thiocarbonyl (C=S) groups is 1. The first-order valence-corrected chi connectivity index (χ1v) is 13.8. The van der Waals surface area contributed by atoms with E-state index < -0.39 is 22.0 Å². The molecule has 0 aromatic heterocycles. The van der Waals surface area contributed by atoms with Crippen molar-refractivity contribution in [3.63, 3.8) is 0 Å². The number of benzene rings is 3. The SMILES string of the molecule is CC#CCOc1ccc(S(=O)(=O)N2Cc3ccccc3N(C(=S)c3ccccc3C)CC2C(=O)OC)cc1. The van der Waals surface area contributed by atoms with Gasteiger partial charge in [-0.2, -0.15) is 4.31 Å². The van der Waals surface area contributed by atoms with E-state index in [2.05, 4.69) is 11.8 Å². The van der Waals surface area contributed by atoms with Gasteiger partial charge in [-0.1, -0.05) is 60.6 Å². The van der Waals surface area contributed by atoms with Gasteiger partial charge in [0.1, 0.15) is 23.4 Å². The molecule has 7 nitrogen and oxygen atoms in total. The van der Waals surface area contributed by atoms with Crippen molar-refractivity contribution in [2.24, 2.45) is 0 Å². The summed E-state index contributed by atoms with van der Waals surface area (Å²) in [5.74, 6) is 5.36. The van der Waals surface area contributed by atoms with E-state index in [0.717, 1.165) is 22.4 Å². The maximum absolute atomic E-state index is 14.0. The fraction of sp³-hybridized carbons (Fsp3) is 0.241. The highest BCUT2D eigenvalue weighted by Crippen LogP contribution is 2.33. The van der Waals surface area contributed by atoms with E-state index >= 15 is 0 Å². The Labute approximate surface area is 229 Å². The molecule has 38 heavy (non-hydrogen) atoms. The highest BCUT2D eigenvalue weighted by molar-refractivity contribution is 7.89. The lowest BCUT2D eigenvalue weighted by Crippen LogP contribution is -2.50. The summed E-state index contributed by atoms with van der Waals surface area (Å²) in [6, 6.07) is 20.1. The zero-order valence-corrected chi connectivity index (χ0v) is 23.0. The summed E-state index contributed by atoms with van der Waals surface area (Å²) in [4.78, 5) is 15.5. The van der Waals surface area contributed by atoms with Crippen LogP contribution in [0.2, 0.25) is 0 Å². The maximum Gasteiger partial charge on any atom is 0.326 e. The zero-order valence-electron chi connectivity index (χ0n) is 21.4. The van der Waals surface area contributed by atoms with Crippen LogP contribution in [0, 0.1) is 18.8 Å². The summed E-state index contributed by atoms with van der Waals surface area (Å²) in [7, 11) is -2.87. The van der Waals surface area contributed by atoms with E-state index in [-0.39, 0.29) is 24.6 Å². The molecular weight excluding hydrogens is 520 g/mol. The summed E-state index contributed by atoms with van der Waals surface area (Å²) in [5.41, 5.74) is 3.27. The third-order valence-corrected chi connectivity index (χ3v) is 8.63. The Bertz CT molecular complexity index is 1510. The van der Waals surface area contributed by atoms with Gasteiger partial charge >= 0.3 is 5.97 Å². The fourth-order valence-electron chi connectivity index (χ4n) is 4.31. The number of ether oxygens (including phenoxy) is 2. The third-order valence-electron chi connectivity index (χ3n) is 6.32. The molecule has 0 radical (unpaired) electrons. The van der Waals surface area contributed by atoms with Gasteiger partial charge in [0.25, 0.3) is 0 Å². The van der Waals surface area contributed by atoms with Gasteiger partial charge in [0.2, 0.25) is 10.0 Å². The number of para-hydroxylation sites is 1. The number of sulfonamides is 1. The minimum atomic E-state index is -4.12. The Morgan fingerprint density at radius 2 is 1.74 bits per heavy atom. The number of esters is 1. The van der Waals surface area contributed by atoms with Crippen molar-refractivity contribution in [3.05, 3.63) is 89.5 Å². The molecule has 1 heterocycles. The number of carbonyl (C=O) groups is 1. The Morgan fingerprint density at radius 1 is 1.05 bits per heavy atom. The first-order valence-electron chi connectivity index (χ1n) is 12.0. The lowest BCUT2D eigenvalue weighted by molar-refractivity contribution is -0.144. The molecule has 1 aliphatic heterocycles. The molecule has 1 unspecified atom stereocenters. The highest BCUT2D eigenvalue weighted by Gasteiger charge is 2.41. The molecule has 1 aliphatic rings. The number of hydrogen-bond donors (Lipinski definition) is 0. The predicted molar refractivity (Wildman–Crippen MR) is 151 cm³/mol. The van der Waals surface area contributed by atoms with Gasteiger partial charge in [-0.3, -0.25) is 4.79 Å². The van der Waals surface area contributed by atoms with Crippen molar-refractivity contribution in [1.29, 1.82) is 0 Å². The zero-order chi connectivity index (χ0) is 27.3. The van der Waals surface area contributed by atoms with Gasteiger partial charge in [0.05, 0.1) is 18.6 Å². The average molecular weight is 549 g/mol. The van der Waals surface area contributed by atoms with E-state index in [0.29, 0.717) is 10.7 Å². The quantitative estimate of drug-likeness (QED) is 0.258. The lowest BCUT2D eigenvalue weighted by atomic mass is 10.1. The molecule has 4 rings (SSSR count). The largest absolute Gasteiger partial charge is 0.481 e. The van der Waals surface area contributed by atoms with Crippen molar-refractivity contribution < 1.29 is 22.7 Å². The summed E-state index contributed by atoms with van der Waals surface area (Å²) in [5, 5.41) is 0. The molecule has 3 aromatic rings. The Hall–Kier alpha value is -3.71. The normalized spacial score (nSPS) is 15.4. The van der Waals surface area contributed by atoms with Gasteiger partial charge in [-0.05, 0) is 55.3 Å². The Balaban J connectivity index is 1.76. The van der Waals surface area contributed by atoms with Crippen LogP contribution in [-0.2, 0) is 26.1 Å². The van der Waals surface area contributed by atoms with E-state index in [4.69, 9.17) is 21.7 Å². The van der Waals surface area contributed by atoms with Crippen molar-refractivity contribution >= 4 is 38.9 Å². The molecule has 0 N–H and O–H groups in total. The first kappa shape index (κ1) is 27.3. The van der Waals surface area contributed by atoms with Crippen LogP contribution in [0.3, 0.4) is 0 Å². The first-order chi connectivity index (χ1) is 18.3. The van der Waals surface area contributed by atoms with Gasteiger partial charge < -0.3 is 14.4 Å². The summed E-state index contributed by atoms with van der Waals surface area (Å²) < 4.78 is 39.7. The van der Waals surface area contributed by atoms with E-state index in [1.165, 1.54) is 23.5 Å². The third kappa shape index (κ3) is 5.58. The van der Waals surface area contributed by atoms with Crippen LogP contribution in [0.25, 0.3) is 0 Å². The maximum atomic E-state index is 14.0. The second-order valence-corrected chi connectivity index (χ2v) is 10.9. The Morgan fingerprint density at radius 3 is 2.42 bits per heavy atom. The minimum Gasteiger partial charge on any atom is -0.481 e. The molecule has 3 aromatic carbocycles. The second kappa shape index (κ2) is 11.8. The second-order valence-electron chi connectivity index (χ2n) is 8.64. The molecular formula is C29H28N2O5S2. The monoisotopic (exact) mass is 548 g/mol. The number of nitrogens with zero attached hydrogens (tertiary/aromatic N) is 2. The summed E-state index contributed by atoms with van der Waals surface area (Å²) in [6.07, 6.45) is 0. The number of methoxy groups -OCH3 is 1. The van der Waals surface area contributed by atoms with Crippen LogP contribution in [0.5, 0.6) is 5.75 Å². The molecule has 1 atom stereocenters. The number of fused-ring (bicyclic) bond motifs is 1. The minimum absolute atomic E-state index is 0.00698. The molecule has 0 fully saturated rings. The van der Waals surface area contributed by atoms with Crippen molar-refractivity contribution in [3.8, 4) is 17.6 Å². The van der Waals surface area contributed by atoms with Crippen molar-refractivity contribution in [2.45, 2.75) is 31.3 Å².